The van der Waals surface area contributed by atoms with Crippen molar-refractivity contribution in [2.75, 3.05) is 19.6 Å². The van der Waals surface area contributed by atoms with Gasteiger partial charge in [0.15, 0.2) is 5.82 Å². The molecule has 1 unspecified atom stereocenters. The Labute approximate surface area is 138 Å². The molecule has 3 rings (SSSR count). The van der Waals surface area contributed by atoms with E-state index in [9.17, 15) is 4.79 Å². The van der Waals surface area contributed by atoms with Crippen molar-refractivity contribution in [3.8, 4) is 0 Å². The topological polar surface area (TPSA) is 54.3 Å². The van der Waals surface area contributed by atoms with Crippen LogP contribution in [0.15, 0.2) is 12.2 Å². The Morgan fingerprint density at radius 3 is 2.65 bits per heavy atom. The number of carbonyl (C=O) groups is 1. The van der Waals surface area contributed by atoms with E-state index >= 15 is 0 Å². The quantitative estimate of drug-likeness (QED) is 0.749. The third kappa shape index (κ3) is 3.63. The zero-order valence-corrected chi connectivity index (χ0v) is 14.5. The van der Waals surface area contributed by atoms with Crippen molar-refractivity contribution in [3.05, 3.63) is 23.8 Å². The summed E-state index contributed by atoms with van der Waals surface area (Å²) in [6.45, 7) is 11.1. The summed E-state index contributed by atoms with van der Waals surface area (Å²) in [6.07, 6.45) is 3.43. The summed E-state index contributed by atoms with van der Waals surface area (Å²) in [6, 6.07) is 0.257. The fraction of sp³-hybridized carbons (Fsp3) is 0.706. The van der Waals surface area contributed by atoms with Crippen molar-refractivity contribution >= 4 is 5.91 Å². The molecule has 1 amide bonds. The Morgan fingerprint density at radius 1 is 1.30 bits per heavy atom. The molecule has 1 aliphatic heterocycles. The third-order valence-electron chi connectivity index (χ3n) is 4.84. The second-order valence-corrected chi connectivity index (χ2v) is 7.09. The molecule has 0 bridgehead atoms. The molecule has 1 atom stereocenters. The summed E-state index contributed by atoms with van der Waals surface area (Å²) in [5.74, 6) is 2.65. The molecule has 2 heterocycles. The number of hydrogen-bond donors (Lipinski definition) is 0. The molecule has 23 heavy (non-hydrogen) atoms. The second-order valence-electron chi connectivity index (χ2n) is 7.09. The van der Waals surface area contributed by atoms with Crippen molar-refractivity contribution in [2.45, 2.75) is 51.6 Å². The van der Waals surface area contributed by atoms with Crippen LogP contribution in [0, 0.1) is 0 Å². The van der Waals surface area contributed by atoms with Gasteiger partial charge < -0.3 is 9.47 Å². The normalized spacial score (nSPS) is 21.6. The van der Waals surface area contributed by atoms with Gasteiger partial charge >= 0.3 is 0 Å². The zero-order chi connectivity index (χ0) is 16.6. The Balaban J connectivity index is 1.68. The highest BCUT2D eigenvalue weighted by molar-refractivity contribution is 5.73. The van der Waals surface area contributed by atoms with Crippen molar-refractivity contribution in [2.24, 2.45) is 7.05 Å². The maximum absolute atomic E-state index is 12.2. The van der Waals surface area contributed by atoms with Gasteiger partial charge in [0.2, 0.25) is 5.91 Å². The molecule has 0 spiro atoms. The van der Waals surface area contributed by atoms with Gasteiger partial charge in [0.05, 0.1) is 6.54 Å². The number of aromatic nitrogens is 3. The lowest BCUT2D eigenvalue weighted by atomic mass is 10.2. The van der Waals surface area contributed by atoms with Crippen LogP contribution in [0.25, 0.3) is 0 Å². The Bertz CT molecular complexity index is 604. The predicted molar refractivity (Wildman–Crippen MR) is 88.9 cm³/mol. The summed E-state index contributed by atoms with van der Waals surface area (Å²) < 4.78 is 2.08. The lowest BCUT2D eigenvalue weighted by Crippen LogP contribution is -2.41. The van der Waals surface area contributed by atoms with Crippen LogP contribution in [-0.4, -0.2) is 56.1 Å². The number of hydrogen-bond acceptors (Lipinski definition) is 4. The molecule has 1 aromatic rings. The monoisotopic (exact) mass is 317 g/mol. The van der Waals surface area contributed by atoms with Gasteiger partial charge in [-0.25, -0.2) is 0 Å². The fourth-order valence-corrected chi connectivity index (χ4v) is 3.45. The van der Waals surface area contributed by atoms with E-state index in [1.807, 2.05) is 11.9 Å². The molecule has 1 aromatic heterocycles. The molecular formula is C17H27N5O. The number of rotatable bonds is 6. The van der Waals surface area contributed by atoms with E-state index in [1.54, 1.807) is 6.92 Å². The molecule has 1 saturated carbocycles. The van der Waals surface area contributed by atoms with E-state index in [0.29, 0.717) is 12.5 Å². The van der Waals surface area contributed by atoms with Crippen molar-refractivity contribution in [3.63, 3.8) is 0 Å². The number of likely N-dealkylation sites (tertiary alicyclic amines) is 1. The van der Waals surface area contributed by atoms with Crippen LogP contribution >= 0.6 is 0 Å². The van der Waals surface area contributed by atoms with E-state index in [0.717, 1.165) is 37.7 Å². The minimum Gasteiger partial charge on any atom is -0.331 e. The van der Waals surface area contributed by atoms with Crippen LogP contribution in [0.4, 0.5) is 0 Å². The molecule has 0 aromatic carbocycles. The number of nitrogens with zero attached hydrogens (tertiary/aromatic N) is 5. The minimum atomic E-state index is 0.114. The van der Waals surface area contributed by atoms with Gasteiger partial charge in [0, 0.05) is 45.6 Å². The first-order valence-electron chi connectivity index (χ1n) is 8.47. The van der Waals surface area contributed by atoms with Crippen LogP contribution in [0.2, 0.25) is 0 Å². The van der Waals surface area contributed by atoms with Gasteiger partial charge in [-0.05, 0) is 26.2 Å². The Morgan fingerprint density at radius 2 is 2.04 bits per heavy atom. The zero-order valence-electron chi connectivity index (χ0n) is 14.5. The van der Waals surface area contributed by atoms with Gasteiger partial charge in [-0.15, -0.1) is 10.2 Å². The van der Waals surface area contributed by atoms with Crippen molar-refractivity contribution < 1.29 is 4.79 Å². The Kier molecular flexibility index (Phi) is 4.53. The van der Waals surface area contributed by atoms with E-state index in [-0.39, 0.29) is 11.9 Å². The molecule has 2 aliphatic rings. The standard InChI is InChI=1S/C17H27N5O/c1-12(2)9-21-8-7-15(10-21)22(13(3)23)11-16-18-19-17(20(16)4)14-5-6-14/h14-15H,1,5-11H2,2-4H3. The highest BCUT2D eigenvalue weighted by atomic mass is 16.2. The first kappa shape index (κ1) is 16.2. The maximum atomic E-state index is 12.2. The summed E-state index contributed by atoms with van der Waals surface area (Å²) in [5.41, 5.74) is 1.17. The molecule has 6 nitrogen and oxygen atoms in total. The molecule has 0 radical (unpaired) electrons. The second kappa shape index (κ2) is 6.43. The van der Waals surface area contributed by atoms with Gasteiger partial charge in [0.1, 0.15) is 5.82 Å². The maximum Gasteiger partial charge on any atom is 0.220 e. The summed E-state index contributed by atoms with van der Waals surface area (Å²) in [7, 11) is 2.02. The lowest BCUT2D eigenvalue weighted by Gasteiger charge is -2.27. The van der Waals surface area contributed by atoms with Crippen LogP contribution in [-0.2, 0) is 18.4 Å². The first-order chi connectivity index (χ1) is 11.0. The molecule has 0 N–H and O–H groups in total. The van der Waals surface area contributed by atoms with Gasteiger partial charge in [-0.1, -0.05) is 12.2 Å². The van der Waals surface area contributed by atoms with Gasteiger partial charge in [0.25, 0.3) is 0 Å². The average Bonchev–Trinajstić information content (AvgIpc) is 3.11. The van der Waals surface area contributed by atoms with Crippen molar-refractivity contribution in [1.29, 1.82) is 0 Å². The highest BCUT2D eigenvalue weighted by Crippen LogP contribution is 2.38. The minimum absolute atomic E-state index is 0.114. The molecule has 2 fully saturated rings. The molecule has 1 saturated heterocycles. The smallest absolute Gasteiger partial charge is 0.220 e. The van der Waals surface area contributed by atoms with E-state index in [2.05, 4.69) is 33.2 Å². The van der Waals surface area contributed by atoms with Crippen molar-refractivity contribution in [1.82, 2.24) is 24.6 Å². The highest BCUT2D eigenvalue weighted by Gasteiger charge is 2.32. The summed E-state index contributed by atoms with van der Waals surface area (Å²) in [4.78, 5) is 16.5. The molecule has 1 aliphatic carbocycles. The summed E-state index contributed by atoms with van der Waals surface area (Å²) in [5, 5.41) is 8.65. The largest absolute Gasteiger partial charge is 0.331 e. The van der Waals surface area contributed by atoms with E-state index in [1.165, 1.54) is 18.4 Å². The number of amides is 1. The van der Waals surface area contributed by atoms with E-state index in [4.69, 9.17) is 0 Å². The summed E-state index contributed by atoms with van der Waals surface area (Å²) >= 11 is 0. The molecular weight excluding hydrogens is 290 g/mol. The van der Waals surface area contributed by atoms with Crippen LogP contribution in [0.5, 0.6) is 0 Å². The van der Waals surface area contributed by atoms with Gasteiger partial charge in [-0.2, -0.15) is 0 Å². The van der Waals surface area contributed by atoms with Crippen LogP contribution in [0.3, 0.4) is 0 Å². The number of carbonyl (C=O) groups excluding carboxylic acids is 1. The predicted octanol–water partition coefficient (Wildman–Crippen LogP) is 1.69. The Hall–Kier alpha value is -1.69. The third-order valence-corrected chi connectivity index (χ3v) is 4.84. The SMILES string of the molecule is C=C(C)CN1CCC(N(Cc2nnc(C3CC3)n2C)C(C)=O)C1. The average molecular weight is 317 g/mol. The van der Waals surface area contributed by atoms with Gasteiger partial charge in [-0.3, -0.25) is 9.69 Å². The first-order valence-corrected chi connectivity index (χ1v) is 8.47. The molecule has 126 valence electrons. The fourth-order valence-electron chi connectivity index (χ4n) is 3.45. The van der Waals surface area contributed by atoms with Crippen LogP contribution < -0.4 is 0 Å². The van der Waals surface area contributed by atoms with Crippen LogP contribution in [0.1, 0.15) is 50.7 Å². The lowest BCUT2D eigenvalue weighted by molar-refractivity contribution is -0.131. The molecule has 6 heteroatoms. The van der Waals surface area contributed by atoms with E-state index < -0.39 is 0 Å².